The molecule has 18 heavy (non-hydrogen) atoms. The Labute approximate surface area is 110 Å². The lowest BCUT2D eigenvalue weighted by Crippen LogP contribution is -2.02. The Bertz CT molecular complexity index is 668. The van der Waals surface area contributed by atoms with E-state index in [1.807, 2.05) is 25.5 Å². The first kappa shape index (κ1) is 11.4. The van der Waals surface area contributed by atoms with E-state index in [1.165, 1.54) is 26.8 Å². The van der Waals surface area contributed by atoms with Crippen LogP contribution < -0.4 is 5.32 Å². The molecule has 0 unspecified atom stereocenters. The summed E-state index contributed by atoms with van der Waals surface area (Å²) in [6, 6.07) is 10.6. The van der Waals surface area contributed by atoms with Crippen molar-refractivity contribution in [1.82, 2.24) is 10.3 Å². The molecule has 3 aromatic rings. The fourth-order valence-corrected chi connectivity index (χ4v) is 3.03. The minimum atomic E-state index is 0.920. The number of nitrogens with one attached hydrogen (secondary N) is 1. The van der Waals surface area contributed by atoms with Crippen LogP contribution >= 0.6 is 11.3 Å². The SMILES string of the molecule is CNCc1cc(-c2cncc3ccccc23)cs1. The monoisotopic (exact) mass is 254 g/mol. The van der Waals surface area contributed by atoms with Gasteiger partial charge in [0.15, 0.2) is 0 Å². The van der Waals surface area contributed by atoms with Gasteiger partial charge in [-0.2, -0.15) is 0 Å². The molecule has 1 N–H and O–H groups in total. The average Bonchev–Trinajstić information content (AvgIpc) is 2.87. The number of hydrogen-bond donors (Lipinski definition) is 1. The Morgan fingerprint density at radius 2 is 2.11 bits per heavy atom. The van der Waals surface area contributed by atoms with Crippen LogP contribution in [0.4, 0.5) is 0 Å². The fraction of sp³-hybridized carbons (Fsp3) is 0.133. The van der Waals surface area contributed by atoms with Gasteiger partial charge in [-0.05, 0) is 29.4 Å². The van der Waals surface area contributed by atoms with Gasteiger partial charge >= 0.3 is 0 Å². The standard InChI is InChI=1S/C15H14N2S/c1-16-8-13-6-12(10-18-13)15-9-17-7-11-4-2-3-5-14(11)15/h2-7,9-10,16H,8H2,1H3. The Hall–Kier alpha value is -1.71. The van der Waals surface area contributed by atoms with Gasteiger partial charge < -0.3 is 5.32 Å². The Balaban J connectivity index is 2.12. The van der Waals surface area contributed by atoms with Gasteiger partial charge in [-0.25, -0.2) is 0 Å². The number of hydrogen-bond acceptors (Lipinski definition) is 3. The molecular formula is C15H14N2S. The molecule has 0 saturated heterocycles. The van der Waals surface area contributed by atoms with E-state index in [9.17, 15) is 0 Å². The lowest BCUT2D eigenvalue weighted by atomic mass is 10.0. The van der Waals surface area contributed by atoms with Gasteiger partial charge in [0, 0.05) is 34.8 Å². The molecule has 90 valence electrons. The van der Waals surface area contributed by atoms with E-state index in [-0.39, 0.29) is 0 Å². The van der Waals surface area contributed by atoms with Crippen molar-refractivity contribution < 1.29 is 0 Å². The summed E-state index contributed by atoms with van der Waals surface area (Å²) in [6.45, 7) is 0.920. The molecule has 0 atom stereocenters. The number of benzene rings is 1. The Morgan fingerprint density at radius 1 is 1.22 bits per heavy atom. The van der Waals surface area contributed by atoms with Gasteiger partial charge in [0.1, 0.15) is 0 Å². The van der Waals surface area contributed by atoms with Crippen LogP contribution in [-0.2, 0) is 6.54 Å². The normalized spacial score (nSPS) is 10.9. The summed E-state index contributed by atoms with van der Waals surface area (Å²) >= 11 is 1.79. The third kappa shape index (κ3) is 2.03. The lowest BCUT2D eigenvalue weighted by molar-refractivity contribution is 0.831. The first-order chi connectivity index (χ1) is 8.88. The number of aromatic nitrogens is 1. The second-order valence-electron chi connectivity index (χ2n) is 4.24. The van der Waals surface area contributed by atoms with E-state index in [4.69, 9.17) is 0 Å². The van der Waals surface area contributed by atoms with Crippen LogP contribution in [-0.4, -0.2) is 12.0 Å². The highest BCUT2D eigenvalue weighted by Crippen LogP contribution is 2.30. The topological polar surface area (TPSA) is 24.9 Å². The lowest BCUT2D eigenvalue weighted by Gasteiger charge is -2.03. The highest BCUT2D eigenvalue weighted by Gasteiger charge is 2.06. The Morgan fingerprint density at radius 3 is 3.00 bits per heavy atom. The number of fused-ring (bicyclic) bond motifs is 1. The highest BCUT2D eigenvalue weighted by atomic mass is 32.1. The molecule has 2 aromatic heterocycles. The van der Waals surface area contributed by atoms with Gasteiger partial charge in [-0.1, -0.05) is 24.3 Å². The summed E-state index contributed by atoms with van der Waals surface area (Å²) in [5, 5.41) is 7.84. The van der Waals surface area contributed by atoms with Crippen LogP contribution in [0.15, 0.2) is 48.1 Å². The smallest absolute Gasteiger partial charge is 0.0353 e. The van der Waals surface area contributed by atoms with Crippen molar-refractivity contribution >= 4 is 22.1 Å². The van der Waals surface area contributed by atoms with E-state index in [0.717, 1.165) is 6.54 Å². The van der Waals surface area contributed by atoms with Gasteiger partial charge in [0.05, 0.1) is 0 Å². The first-order valence-electron chi connectivity index (χ1n) is 5.93. The molecule has 2 heterocycles. The number of rotatable bonds is 3. The molecule has 0 radical (unpaired) electrons. The summed E-state index contributed by atoms with van der Waals surface area (Å²) in [5.41, 5.74) is 2.47. The summed E-state index contributed by atoms with van der Waals surface area (Å²) in [6.07, 6.45) is 3.87. The average molecular weight is 254 g/mol. The number of thiophene rings is 1. The van der Waals surface area contributed by atoms with Crippen molar-refractivity contribution in [2.75, 3.05) is 7.05 Å². The van der Waals surface area contributed by atoms with Gasteiger partial charge in [0.25, 0.3) is 0 Å². The second-order valence-corrected chi connectivity index (χ2v) is 5.24. The van der Waals surface area contributed by atoms with Crippen molar-refractivity contribution in [1.29, 1.82) is 0 Å². The van der Waals surface area contributed by atoms with Crippen LogP contribution in [0, 0.1) is 0 Å². The van der Waals surface area contributed by atoms with Crippen molar-refractivity contribution in [2.45, 2.75) is 6.54 Å². The van der Waals surface area contributed by atoms with E-state index in [1.54, 1.807) is 11.3 Å². The molecule has 0 amide bonds. The van der Waals surface area contributed by atoms with Gasteiger partial charge in [-0.3, -0.25) is 4.98 Å². The summed E-state index contributed by atoms with van der Waals surface area (Å²) in [7, 11) is 1.97. The zero-order chi connectivity index (χ0) is 12.4. The number of nitrogens with zero attached hydrogens (tertiary/aromatic N) is 1. The zero-order valence-corrected chi connectivity index (χ0v) is 11.0. The summed E-state index contributed by atoms with van der Waals surface area (Å²) < 4.78 is 0. The largest absolute Gasteiger partial charge is 0.315 e. The van der Waals surface area contributed by atoms with Crippen LogP contribution in [0.2, 0.25) is 0 Å². The molecule has 3 heteroatoms. The second kappa shape index (κ2) is 4.88. The van der Waals surface area contributed by atoms with Crippen LogP contribution in [0.3, 0.4) is 0 Å². The molecular weight excluding hydrogens is 240 g/mol. The van der Waals surface area contributed by atoms with Crippen molar-refractivity contribution in [3.8, 4) is 11.1 Å². The molecule has 2 nitrogen and oxygen atoms in total. The van der Waals surface area contributed by atoms with Crippen LogP contribution in [0.5, 0.6) is 0 Å². The minimum Gasteiger partial charge on any atom is -0.315 e. The molecule has 0 aliphatic carbocycles. The maximum absolute atomic E-state index is 4.33. The highest BCUT2D eigenvalue weighted by molar-refractivity contribution is 7.10. The molecule has 0 fully saturated rings. The predicted octanol–water partition coefficient (Wildman–Crippen LogP) is 3.68. The van der Waals surface area contributed by atoms with Gasteiger partial charge in [-0.15, -0.1) is 11.3 Å². The van der Waals surface area contributed by atoms with Crippen LogP contribution in [0.25, 0.3) is 21.9 Å². The molecule has 0 bridgehead atoms. The van der Waals surface area contributed by atoms with E-state index < -0.39 is 0 Å². The fourth-order valence-electron chi connectivity index (χ4n) is 2.14. The predicted molar refractivity (Wildman–Crippen MR) is 77.8 cm³/mol. The molecule has 0 saturated carbocycles. The van der Waals surface area contributed by atoms with Crippen LogP contribution in [0.1, 0.15) is 4.88 Å². The van der Waals surface area contributed by atoms with Gasteiger partial charge in [0.2, 0.25) is 0 Å². The Kier molecular flexibility index (Phi) is 3.09. The van der Waals surface area contributed by atoms with E-state index in [2.05, 4.69) is 39.9 Å². The van der Waals surface area contributed by atoms with Crippen molar-refractivity contribution in [3.05, 3.63) is 53.0 Å². The molecule has 1 aromatic carbocycles. The van der Waals surface area contributed by atoms with Crippen molar-refractivity contribution in [2.24, 2.45) is 0 Å². The zero-order valence-electron chi connectivity index (χ0n) is 10.2. The molecule has 0 spiro atoms. The third-order valence-electron chi connectivity index (χ3n) is 2.98. The summed E-state index contributed by atoms with van der Waals surface area (Å²) in [5.74, 6) is 0. The quantitative estimate of drug-likeness (QED) is 0.771. The minimum absolute atomic E-state index is 0.920. The maximum Gasteiger partial charge on any atom is 0.0353 e. The maximum atomic E-state index is 4.33. The third-order valence-corrected chi connectivity index (χ3v) is 3.92. The number of pyridine rings is 1. The first-order valence-corrected chi connectivity index (χ1v) is 6.81. The van der Waals surface area contributed by atoms with E-state index in [0.29, 0.717) is 0 Å². The molecule has 0 aliphatic rings. The molecule has 0 aliphatic heterocycles. The van der Waals surface area contributed by atoms with E-state index >= 15 is 0 Å². The van der Waals surface area contributed by atoms with Crippen molar-refractivity contribution in [3.63, 3.8) is 0 Å². The molecule has 3 rings (SSSR count). The summed E-state index contributed by atoms with van der Waals surface area (Å²) in [4.78, 5) is 5.68.